The summed E-state index contributed by atoms with van der Waals surface area (Å²) in [6.07, 6.45) is 24.5. The first-order chi connectivity index (χ1) is 21.0. The second-order valence-electron chi connectivity index (χ2n) is 12.5. The van der Waals surface area contributed by atoms with Crippen LogP contribution in [0.4, 0.5) is 0 Å². The van der Waals surface area contributed by atoms with Crippen LogP contribution in [0.15, 0.2) is 41.3 Å². The van der Waals surface area contributed by atoms with Crippen LogP contribution in [0.5, 0.6) is 11.5 Å². The molecule has 0 amide bonds. The number of ether oxygens (including phenoxy) is 2. The predicted molar refractivity (Wildman–Crippen MR) is 204 cm³/mol. The Kier molecular flexibility index (Phi) is 31.3. The standard InChI is InChI=1S/C37H63N3O3.3ClH/c1-5-6-7-8-9-10-11-12-13-14-15-16-17-18-19-20-28-43-37-32-40(31-33-22-24-35(42-4)25-23-33)34(29-36(37)41)30-38-26-21-27-39(2)3;;;/h22-25,29,32,38H,5-21,26-28,30-31H2,1-4H3;3*1H. The quantitative estimate of drug-likeness (QED) is 0.0938. The number of nitrogens with zero attached hydrogens (tertiary/aromatic N) is 2. The Hall–Kier alpha value is -1.44. The van der Waals surface area contributed by atoms with E-state index in [4.69, 9.17) is 9.47 Å². The van der Waals surface area contributed by atoms with Crippen LogP contribution in [-0.2, 0) is 13.1 Å². The fourth-order valence-electron chi connectivity index (χ4n) is 5.50. The highest BCUT2D eigenvalue weighted by Crippen LogP contribution is 2.16. The number of aromatic nitrogens is 1. The maximum Gasteiger partial charge on any atom is 0.223 e. The first-order valence-corrected chi connectivity index (χ1v) is 17.4. The van der Waals surface area contributed by atoms with Gasteiger partial charge in [0.1, 0.15) is 5.75 Å². The molecule has 0 atom stereocenters. The first kappa shape index (κ1) is 46.7. The zero-order chi connectivity index (χ0) is 31.0. The molecule has 2 aromatic rings. The minimum Gasteiger partial charge on any atom is -0.497 e. The molecule has 1 heterocycles. The predicted octanol–water partition coefficient (Wildman–Crippen LogP) is 9.85. The number of benzene rings is 1. The third-order valence-electron chi connectivity index (χ3n) is 8.21. The Morgan fingerprint density at radius 1 is 0.739 bits per heavy atom. The molecule has 46 heavy (non-hydrogen) atoms. The number of nitrogens with one attached hydrogen (secondary N) is 1. The highest BCUT2D eigenvalue weighted by atomic mass is 35.5. The Morgan fingerprint density at radius 2 is 1.26 bits per heavy atom. The fraction of sp³-hybridized carbons (Fsp3) is 0.703. The van der Waals surface area contributed by atoms with Crippen molar-refractivity contribution >= 4 is 37.2 Å². The zero-order valence-electron chi connectivity index (χ0n) is 29.4. The molecule has 0 spiro atoms. The summed E-state index contributed by atoms with van der Waals surface area (Å²) in [6.45, 7) is 6.16. The van der Waals surface area contributed by atoms with Gasteiger partial charge in [-0.1, -0.05) is 115 Å². The van der Waals surface area contributed by atoms with Crippen LogP contribution in [0.2, 0.25) is 0 Å². The van der Waals surface area contributed by atoms with Gasteiger partial charge in [0.2, 0.25) is 5.43 Å². The Bertz CT molecular complexity index is 1020. The second kappa shape index (κ2) is 30.9. The summed E-state index contributed by atoms with van der Waals surface area (Å²) in [7, 11) is 5.86. The summed E-state index contributed by atoms with van der Waals surface area (Å²) in [6, 6.07) is 9.84. The molecule has 0 aliphatic carbocycles. The Labute approximate surface area is 300 Å². The largest absolute Gasteiger partial charge is 0.497 e. The minimum atomic E-state index is -0.0347. The number of rotatable bonds is 27. The Balaban J connectivity index is 0. The lowest BCUT2D eigenvalue weighted by Gasteiger charge is -2.17. The van der Waals surface area contributed by atoms with Gasteiger partial charge in [-0.05, 0) is 57.7 Å². The normalized spacial score (nSPS) is 10.6. The van der Waals surface area contributed by atoms with Crippen LogP contribution < -0.4 is 20.2 Å². The zero-order valence-corrected chi connectivity index (χ0v) is 31.8. The van der Waals surface area contributed by atoms with Gasteiger partial charge in [0.15, 0.2) is 5.75 Å². The van der Waals surface area contributed by atoms with E-state index in [1.54, 1.807) is 13.2 Å². The highest BCUT2D eigenvalue weighted by molar-refractivity contribution is 5.86. The summed E-state index contributed by atoms with van der Waals surface area (Å²) in [5, 5.41) is 3.50. The van der Waals surface area contributed by atoms with Crippen molar-refractivity contribution in [2.75, 3.05) is 40.9 Å². The molecule has 0 fully saturated rings. The molecule has 0 saturated heterocycles. The van der Waals surface area contributed by atoms with Gasteiger partial charge in [0.05, 0.1) is 19.9 Å². The second-order valence-corrected chi connectivity index (χ2v) is 12.5. The van der Waals surface area contributed by atoms with Gasteiger partial charge < -0.3 is 24.3 Å². The minimum absolute atomic E-state index is 0. The van der Waals surface area contributed by atoms with Gasteiger partial charge in [-0.3, -0.25) is 4.79 Å². The first-order valence-electron chi connectivity index (χ1n) is 17.4. The third-order valence-corrected chi connectivity index (χ3v) is 8.21. The van der Waals surface area contributed by atoms with E-state index in [9.17, 15) is 4.79 Å². The molecular formula is C37H66Cl3N3O3. The molecule has 0 radical (unpaired) electrons. The van der Waals surface area contributed by atoms with Crippen molar-refractivity contribution < 1.29 is 9.47 Å². The SMILES string of the molecule is CCCCCCCCCCCCCCCCCCOc1cn(Cc2ccc(OC)cc2)c(CNCCCN(C)C)cc1=O.Cl.Cl.Cl. The summed E-state index contributed by atoms with van der Waals surface area (Å²) in [5.41, 5.74) is 2.09. The van der Waals surface area contributed by atoms with Gasteiger partial charge >= 0.3 is 0 Å². The smallest absolute Gasteiger partial charge is 0.223 e. The van der Waals surface area contributed by atoms with Crippen LogP contribution in [0.1, 0.15) is 127 Å². The molecular weight excluding hydrogens is 641 g/mol. The van der Waals surface area contributed by atoms with E-state index in [0.29, 0.717) is 25.4 Å². The van der Waals surface area contributed by atoms with Crippen molar-refractivity contribution in [2.45, 2.75) is 129 Å². The molecule has 6 nitrogen and oxygen atoms in total. The average Bonchev–Trinajstić information content (AvgIpc) is 3.00. The van der Waals surface area contributed by atoms with Crippen molar-refractivity contribution in [3.05, 3.63) is 58.0 Å². The van der Waals surface area contributed by atoms with Gasteiger partial charge in [-0.25, -0.2) is 0 Å². The fourth-order valence-corrected chi connectivity index (χ4v) is 5.50. The molecule has 268 valence electrons. The maximum atomic E-state index is 12.9. The lowest BCUT2D eigenvalue weighted by atomic mass is 10.0. The molecule has 0 aliphatic heterocycles. The van der Waals surface area contributed by atoms with E-state index in [-0.39, 0.29) is 42.6 Å². The van der Waals surface area contributed by atoms with Crippen LogP contribution in [-0.4, -0.2) is 50.4 Å². The molecule has 1 aromatic carbocycles. The van der Waals surface area contributed by atoms with E-state index in [1.165, 1.54) is 89.9 Å². The number of hydrogen-bond acceptors (Lipinski definition) is 5. The van der Waals surface area contributed by atoms with Crippen molar-refractivity contribution in [2.24, 2.45) is 0 Å². The molecule has 2 rings (SSSR count). The van der Waals surface area contributed by atoms with Crippen LogP contribution in [0, 0.1) is 0 Å². The van der Waals surface area contributed by atoms with E-state index in [0.717, 1.165) is 49.4 Å². The number of methoxy groups -OCH3 is 1. The van der Waals surface area contributed by atoms with Gasteiger partial charge in [-0.15, -0.1) is 37.2 Å². The molecule has 0 saturated carbocycles. The van der Waals surface area contributed by atoms with E-state index >= 15 is 0 Å². The van der Waals surface area contributed by atoms with Crippen LogP contribution in [0.3, 0.4) is 0 Å². The molecule has 1 N–H and O–H groups in total. The molecule has 0 bridgehead atoms. The molecule has 0 aliphatic rings. The molecule has 0 unspecified atom stereocenters. The summed E-state index contributed by atoms with van der Waals surface area (Å²) < 4.78 is 13.5. The van der Waals surface area contributed by atoms with Gasteiger partial charge in [0, 0.05) is 24.8 Å². The van der Waals surface area contributed by atoms with Gasteiger partial charge in [0.25, 0.3) is 0 Å². The molecule has 9 heteroatoms. The van der Waals surface area contributed by atoms with Crippen molar-refractivity contribution in [3.8, 4) is 11.5 Å². The van der Waals surface area contributed by atoms with E-state index < -0.39 is 0 Å². The van der Waals surface area contributed by atoms with E-state index in [1.807, 2.05) is 18.3 Å². The number of hydrogen-bond donors (Lipinski definition) is 1. The van der Waals surface area contributed by atoms with Gasteiger partial charge in [-0.2, -0.15) is 0 Å². The summed E-state index contributed by atoms with van der Waals surface area (Å²) in [4.78, 5) is 15.1. The average molecular weight is 707 g/mol. The van der Waals surface area contributed by atoms with Crippen LogP contribution in [0.25, 0.3) is 0 Å². The number of pyridine rings is 1. The van der Waals surface area contributed by atoms with Crippen molar-refractivity contribution in [1.29, 1.82) is 0 Å². The summed E-state index contributed by atoms with van der Waals surface area (Å²) in [5.74, 6) is 1.29. The highest BCUT2D eigenvalue weighted by Gasteiger charge is 2.09. The number of unbranched alkanes of at least 4 members (excludes halogenated alkanes) is 15. The van der Waals surface area contributed by atoms with E-state index in [2.05, 4.69) is 47.9 Å². The third kappa shape index (κ3) is 22.2. The number of halogens is 3. The topological polar surface area (TPSA) is 55.7 Å². The summed E-state index contributed by atoms with van der Waals surface area (Å²) >= 11 is 0. The maximum absolute atomic E-state index is 12.9. The van der Waals surface area contributed by atoms with Crippen molar-refractivity contribution in [1.82, 2.24) is 14.8 Å². The monoisotopic (exact) mass is 705 g/mol. The molecule has 1 aromatic heterocycles. The Morgan fingerprint density at radius 3 is 1.76 bits per heavy atom. The van der Waals surface area contributed by atoms with Crippen molar-refractivity contribution in [3.63, 3.8) is 0 Å². The lowest BCUT2D eigenvalue weighted by Crippen LogP contribution is -2.24. The lowest BCUT2D eigenvalue weighted by molar-refractivity contribution is 0.298. The van der Waals surface area contributed by atoms with Crippen LogP contribution >= 0.6 is 37.2 Å².